The molecule has 0 aromatic carbocycles. The Bertz CT molecular complexity index is 799. The fourth-order valence-electron chi connectivity index (χ4n) is 2.79. The van der Waals surface area contributed by atoms with Gasteiger partial charge in [-0.05, 0) is 37.9 Å². The summed E-state index contributed by atoms with van der Waals surface area (Å²) in [4.78, 5) is 12.7. The minimum Gasteiger partial charge on any atom is -0.388 e. The fraction of sp³-hybridized carbons (Fsp3) is 0.600. The lowest BCUT2D eigenvalue weighted by Crippen LogP contribution is -2.30. The summed E-state index contributed by atoms with van der Waals surface area (Å²) in [7, 11) is 1.73. The number of aliphatic hydroxyl groups is 2. The van der Waals surface area contributed by atoms with Crippen molar-refractivity contribution in [3.8, 4) is 0 Å². The van der Waals surface area contributed by atoms with Gasteiger partial charge in [0.15, 0.2) is 23.2 Å². The molecule has 1 saturated heterocycles. The number of hydrazone groups is 1. The first kappa shape index (κ1) is 18.9. The van der Waals surface area contributed by atoms with Gasteiger partial charge in [0.25, 0.3) is 0 Å². The van der Waals surface area contributed by atoms with E-state index in [1.165, 1.54) is 10.9 Å². The molecule has 1 aliphatic heterocycles. The van der Waals surface area contributed by atoms with E-state index >= 15 is 0 Å². The first-order chi connectivity index (χ1) is 12.4. The summed E-state index contributed by atoms with van der Waals surface area (Å²) in [6, 6.07) is 0. The number of nitrogens with two attached hydrogens (primary N) is 1. The Morgan fingerprint density at radius 1 is 1.42 bits per heavy atom. The highest BCUT2D eigenvalue weighted by molar-refractivity contribution is 6.28. The predicted octanol–water partition coefficient (Wildman–Crippen LogP) is 0.280. The van der Waals surface area contributed by atoms with Crippen molar-refractivity contribution in [3.63, 3.8) is 0 Å². The lowest BCUT2D eigenvalue weighted by atomic mass is 10.1. The predicted molar refractivity (Wildman–Crippen MR) is 97.1 cm³/mol. The molecule has 3 rings (SSSR count). The van der Waals surface area contributed by atoms with E-state index in [0.717, 1.165) is 12.8 Å². The first-order valence-electron chi connectivity index (χ1n) is 8.32. The lowest BCUT2D eigenvalue weighted by molar-refractivity contribution is -0.0299. The zero-order valence-corrected chi connectivity index (χ0v) is 15.3. The number of aromatic nitrogens is 4. The van der Waals surface area contributed by atoms with Gasteiger partial charge in [0.2, 0.25) is 5.28 Å². The summed E-state index contributed by atoms with van der Waals surface area (Å²) in [6.07, 6.45) is 1.37. The molecular formula is C15H22ClN7O3. The molecule has 11 heteroatoms. The largest absolute Gasteiger partial charge is 0.388 e. The van der Waals surface area contributed by atoms with Crippen molar-refractivity contribution < 1.29 is 14.9 Å². The van der Waals surface area contributed by atoms with E-state index in [0.29, 0.717) is 23.5 Å². The maximum absolute atomic E-state index is 10.2. The molecular weight excluding hydrogens is 362 g/mol. The van der Waals surface area contributed by atoms with Crippen LogP contribution in [0.3, 0.4) is 0 Å². The van der Waals surface area contributed by atoms with Crippen LogP contribution in [0.15, 0.2) is 11.4 Å². The van der Waals surface area contributed by atoms with Gasteiger partial charge in [-0.15, -0.1) is 0 Å². The number of ether oxygens (including phenoxy) is 1. The summed E-state index contributed by atoms with van der Waals surface area (Å²) in [5, 5.41) is 26.0. The van der Waals surface area contributed by atoms with E-state index in [9.17, 15) is 10.2 Å². The van der Waals surface area contributed by atoms with Crippen LogP contribution in [0.4, 0.5) is 5.82 Å². The molecule has 0 radical (unpaired) electrons. The highest BCUT2D eigenvalue weighted by Crippen LogP contribution is 2.33. The van der Waals surface area contributed by atoms with Crippen molar-refractivity contribution in [2.75, 3.05) is 18.6 Å². The second-order valence-corrected chi connectivity index (χ2v) is 6.44. The van der Waals surface area contributed by atoms with Gasteiger partial charge in [-0.25, -0.2) is 9.99 Å². The van der Waals surface area contributed by atoms with Crippen molar-refractivity contribution in [2.24, 2.45) is 10.8 Å². The topological polar surface area (TPSA) is 135 Å². The van der Waals surface area contributed by atoms with Crippen LogP contribution < -0.4 is 10.7 Å². The summed E-state index contributed by atoms with van der Waals surface area (Å²) in [5.74, 6) is 0.420. The molecule has 0 bridgehead atoms. The van der Waals surface area contributed by atoms with Gasteiger partial charge in [0.1, 0.15) is 12.2 Å². The van der Waals surface area contributed by atoms with E-state index in [1.54, 1.807) is 25.2 Å². The van der Waals surface area contributed by atoms with Crippen molar-refractivity contribution in [2.45, 2.75) is 44.3 Å². The van der Waals surface area contributed by atoms with Gasteiger partial charge in [0, 0.05) is 13.3 Å². The molecule has 4 atom stereocenters. The smallest absolute Gasteiger partial charge is 0.226 e. The molecule has 0 amide bonds. The molecule has 0 spiro atoms. The molecule has 0 unspecified atom stereocenters. The van der Waals surface area contributed by atoms with Crippen molar-refractivity contribution in [1.29, 1.82) is 0 Å². The van der Waals surface area contributed by atoms with E-state index in [4.69, 9.17) is 22.1 Å². The van der Waals surface area contributed by atoms with Crippen LogP contribution in [-0.2, 0) is 4.74 Å². The number of halogens is 1. The third-order valence-electron chi connectivity index (χ3n) is 4.23. The zero-order valence-electron chi connectivity index (χ0n) is 14.5. The van der Waals surface area contributed by atoms with E-state index in [-0.39, 0.29) is 5.28 Å². The third kappa shape index (κ3) is 3.51. The molecule has 2 aromatic heterocycles. The van der Waals surface area contributed by atoms with Crippen LogP contribution in [0, 0.1) is 0 Å². The average molecular weight is 384 g/mol. The van der Waals surface area contributed by atoms with Gasteiger partial charge in [0.05, 0.1) is 12.4 Å². The van der Waals surface area contributed by atoms with Crippen molar-refractivity contribution in [1.82, 2.24) is 19.5 Å². The Balaban J connectivity index is 1.95. The minimum atomic E-state index is -1.10. The van der Waals surface area contributed by atoms with Crippen LogP contribution in [0.2, 0.25) is 5.28 Å². The van der Waals surface area contributed by atoms with Crippen molar-refractivity contribution in [3.05, 3.63) is 11.6 Å². The van der Waals surface area contributed by atoms with Crippen LogP contribution in [0.1, 0.15) is 26.0 Å². The second-order valence-electron chi connectivity index (χ2n) is 6.11. The number of aliphatic hydroxyl groups excluding tert-OH is 2. The van der Waals surface area contributed by atoms with Gasteiger partial charge in [-0.2, -0.15) is 15.1 Å². The molecule has 1 aliphatic rings. The van der Waals surface area contributed by atoms with E-state index in [1.807, 2.05) is 0 Å². The summed E-state index contributed by atoms with van der Waals surface area (Å²) in [5.41, 5.74) is 6.31. The van der Waals surface area contributed by atoms with E-state index in [2.05, 4.69) is 20.1 Å². The number of hydrogen-bond donors (Lipinski definition) is 3. The van der Waals surface area contributed by atoms with Gasteiger partial charge < -0.3 is 20.7 Å². The minimum absolute atomic E-state index is 0.0133. The molecule has 26 heavy (non-hydrogen) atoms. The standard InChI is InChI=1S/C15H22ClN7O3/c1-8-10(24)11(25)14(26-8)23-7-18-9-12(20-15(16)21-13(9)23)22(2)19-6-4-3-5-17/h6-8,10-11,14,24-25H,3-5,17H2,1-2H3/t8-,10-,11-,14-/m1/s1. The fourth-order valence-corrected chi connectivity index (χ4v) is 2.95. The number of unbranched alkanes of at least 4 members (excludes halogenated alkanes) is 1. The molecule has 0 aliphatic carbocycles. The SMILES string of the molecule is C[C@H]1O[C@@H](n2cnc3c(N(C)N=CCCCN)nc(Cl)nc32)[C@H](O)[C@@H]1O. The lowest BCUT2D eigenvalue weighted by Gasteiger charge is -2.17. The summed E-state index contributed by atoms with van der Waals surface area (Å²) >= 11 is 6.07. The number of anilines is 1. The highest BCUT2D eigenvalue weighted by Gasteiger charge is 2.42. The van der Waals surface area contributed by atoms with Crippen molar-refractivity contribution >= 4 is 34.8 Å². The highest BCUT2D eigenvalue weighted by atomic mass is 35.5. The molecule has 4 N–H and O–H groups in total. The van der Waals surface area contributed by atoms with Gasteiger partial charge >= 0.3 is 0 Å². The van der Waals surface area contributed by atoms with E-state index < -0.39 is 24.5 Å². The van der Waals surface area contributed by atoms with Gasteiger partial charge in [-0.3, -0.25) is 4.57 Å². The quantitative estimate of drug-likeness (QED) is 0.280. The Morgan fingerprint density at radius 3 is 2.85 bits per heavy atom. The Hall–Kier alpha value is -1.85. The molecule has 10 nitrogen and oxygen atoms in total. The normalized spacial score (nSPS) is 26.2. The second kappa shape index (κ2) is 7.80. The molecule has 2 aromatic rings. The maximum atomic E-state index is 10.2. The number of rotatable bonds is 6. The molecule has 142 valence electrons. The first-order valence-corrected chi connectivity index (χ1v) is 8.69. The average Bonchev–Trinajstić information content (AvgIpc) is 3.14. The molecule has 1 fully saturated rings. The Labute approximate surface area is 155 Å². The van der Waals surface area contributed by atoms with Crippen LogP contribution in [0.5, 0.6) is 0 Å². The molecule has 3 heterocycles. The number of hydrogen-bond acceptors (Lipinski definition) is 9. The number of nitrogens with zero attached hydrogens (tertiary/aromatic N) is 6. The summed E-state index contributed by atoms with van der Waals surface area (Å²) in [6.45, 7) is 2.28. The number of imidazole rings is 1. The van der Waals surface area contributed by atoms with Crippen LogP contribution >= 0.6 is 11.6 Å². The van der Waals surface area contributed by atoms with Gasteiger partial charge in [-0.1, -0.05) is 0 Å². The van der Waals surface area contributed by atoms with Crippen LogP contribution in [0.25, 0.3) is 11.2 Å². The third-order valence-corrected chi connectivity index (χ3v) is 4.39. The maximum Gasteiger partial charge on any atom is 0.226 e. The monoisotopic (exact) mass is 383 g/mol. The Kier molecular flexibility index (Phi) is 5.68. The number of fused-ring (bicyclic) bond motifs is 1. The Morgan fingerprint density at radius 2 is 2.19 bits per heavy atom. The van der Waals surface area contributed by atoms with Crippen LogP contribution in [-0.4, -0.2) is 67.9 Å². The zero-order chi connectivity index (χ0) is 18.8. The summed E-state index contributed by atoms with van der Waals surface area (Å²) < 4.78 is 7.17. The molecule has 0 saturated carbocycles.